The Labute approximate surface area is 187 Å². The average molecular weight is 440 g/mol. The van der Waals surface area contributed by atoms with E-state index in [1.807, 2.05) is 41.3 Å². The molecule has 0 saturated carbocycles. The summed E-state index contributed by atoms with van der Waals surface area (Å²) in [6.45, 7) is 2.65. The molecule has 2 aromatic rings. The Balaban J connectivity index is 0.000000913. The van der Waals surface area contributed by atoms with Gasteiger partial charge in [-0.05, 0) is 62.1 Å². The summed E-state index contributed by atoms with van der Waals surface area (Å²) in [7, 11) is 1.39. The molecule has 0 aliphatic carbocycles. The first kappa shape index (κ1) is 23.4. The zero-order valence-corrected chi connectivity index (χ0v) is 18.3. The highest BCUT2D eigenvalue weighted by Gasteiger charge is 2.50. The number of benzene rings is 1. The van der Waals surface area contributed by atoms with E-state index in [0.717, 1.165) is 50.0 Å². The van der Waals surface area contributed by atoms with Crippen LogP contribution in [-0.4, -0.2) is 64.0 Å². The minimum absolute atomic E-state index is 0.219. The first-order valence-corrected chi connectivity index (χ1v) is 10.7. The van der Waals surface area contributed by atoms with Gasteiger partial charge < -0.3 is 14.7 Å². The summed E-state index contributed by atoms with van der Waals surface area (Å²) in [5.74, 6) is -0.116. The number of carbonyl (C=O) groups excluding carboxylic acids is 2. The van der Waals surface area contributed by atoms with Crippen LogP contribution in [0, 0.1) is 0 Å². The molecular formula is C24H29N3O5. The highest BCUT2D eigenvalue weighted by molar-refractivity contribution is 5.89. The van der Waals surface area contributed by atoms with Crippen molar-refractivity contribution in [2.75, 3.05) is 20.2 Å². The molecule has 0 bridgehead atoms. The molecule has 1 aromatic carbocycles. The Kier molecular flexibility index (Phi) is 7.94. The van der Waals surface area contributed by atoms with Crippen LogP contribution in [0.5, 0.6) is 0 Å². The van der Waals surface area contributed by atoms with E-state index in [4.69, 9.17) is 14.6 Å². The van der Waals surface area contributed by atoms with Gasteiger partial charge in [-0.2, -0.15) is 0 Å². The van der Waals surface area contributed by atoms with Crippen molar-refractivity contribution < 1.29 is 24.2 Å². The van der Waals surface area contributed by atoms with Gasteiger partial charge in [0.15, 0.2) is 0 Å². The quantitative estimate of drug-likeness (QED) is 0.565. The molecule has 8 heteroatoms. The number of methoxy groups -OCH3 is 1. The third-order valence-corrected chi connectivity index (χ3v) is 6.13. The second-order valence-electron chi connectivity index (χ2n) is 8.01. The normalized spacial score (nSPS) is 20.5. The Morgan fingerprint density at radius 3 is 2.59 bits per heavy atom. The Morgan fingerprint density at radius 2 is 1.91 bits per heavy atom. The average Bonchev–Trinajstić information content (AvgIpc) is 3.20. The molecule has 1 aromatic heterocycles. The maximum absolute atomic E-state index is 13.6. The Hall–Kier alpha value is -3.26. The topological polar surface area (TPSA) is 100 Å². The van der Waals surface area contributed by atoms with Crippen LogP contribution in [0.2, 0.25) is 0 Å². The van der Waals surface area contributed by atoms with Crippen LogP contribution in [0.3, 0.4) is 0 Å². The number of carbonyl (C=O) groups is 3. The van der Waals surface area contributed by atoms with Crippen molar-refractivity contribution in [2.45, 2.75) is 44.3 Å². The Bertz CT molecular complexity index is 936. The number of pyridine rings is 1. The van der Waals surface area contributed by atoms with Crippen molar-refractivity contribution in [3.63, 3.8) is 0 Å². The fourth-order valence-corrected chi connectivity index (χ4v) is 4.73. The summed E-state index contributed by atoms with van der Waals surface area (Å²) < 4.78 is 4.84. The van der Waals surface area contributed by atoms with Gasteiger partial charge in [-0.3, -0.25) is 19.5 Å². The number of carboxylic acid groups (broad SMARTS) is 1. The molecule has 1 spiro atoms. The third kappa shape index (κ3) is 5.13. The molecule has 2 aliphatic heterocycles. The number of amides is 1. The number of hydrogen-bond donors (Lipinski definition) is 1. The molecule has 0 radical (unpaired) electrons. The van der Waals surface area contributed by atoms with Crippen LogP contribution in [-0.2, 0) is 27.4 Å². The molecule has 32 heavy (non-hydrogen) atoms. The molecule has 1 N–H and O–H groups in total. The van der Waals surface area contributed by atoms with E-state index in [-0.39, 0.29) is 18.3 Å². The van der Waals surface area contributed by atoms with E-state index >= 15 is 0 Å². The van der Waals surface area contributed by atoms with Gasteiger partial charge in [0.25, 0.3) is 6.47 Å². The van der Waals surface area contributed by atoms with E-state index in [9.17, 15) is 9.59 Å². The second-order valence-corrected chi connectivity index (χ2v) is 8.01. The van der Waals surface area contributed by atoms with Gasteiger partial charge in [0.2, 0.25) is 5.91 Å². The van der Waals surface area contributed by atoms with Crippen LogP contribution in [0.25, 0.3) is 0 Å². The van der Waals surface area contributed by atoms with Gasteiger partial charge in [-0.15, -0.1) is 0 Å². The van der Waals surface area contributed by atoms with Crippen LogP contribution < -0.4 is 0 Å². The van der Waals surface area contributed by atoms with Crippen LogP contribution in [0.1, 0.15) is 47.3 Å². The second kappa shape index (κ2) is 10.9. The summed E-state index contributed by atoms with van der Waals surface area (Å²) in [4.78, 5) is 42.5. The monoisotopic (exact) mass is 439 g/mol. The van der Waals surface area contributed by atoms with E-state index in [0.29, 0.717) is 18.7 Å². The fourth-order valence-electron chi connectivity index (χ4n) is 4.73. The molecule has 4 rings (SSSR count). The largest absolute Gasteiger partial charge is 0.483 e. The van der Waals surface area contributed by atoms with E-state index < -0.39 is 5.54 Å². The Morgan fingerprint density at radius 1 is 1.16 bits per heavy atom. The van der Waals surface area contributed by atoms with Crippen LogP contribution in [0.4, 0.5) is 0 Å². The molecule has 2 aliphatic rings. The highest BCUT2D eigenvalue weighted by Crippen LogP contribution is 2.39. The summed E-state index contributed by atoms with van der Waals surface area (Å²) in [6, 6.07) is 13.3. The van der Waals surface area contributed by atoms with Crippen LogP contribution >= 0.6 is 0 Å². The predicted octanol–water partition coefficient (Wildman–Crippen LogP) is 2.73. The van der Waals surface area contributed by atoms with Crippen molar-refractivity contribution in [3.05, 3.63) is 65.5 Å². The van der Waals surface area contributed by atoms with Gasteiger partial charge in [-0.25, -0.2) is 4.79 Å². The molecule has 1 atom stereocenters. The molecule has 8 nitrogen and oxygen atoms in total. The summed E-state index contributed by atoms with van der Waals surface area (Å²) >= 11 is 0. The van der Waals surface area contributed by atoms with Gasteiger partial charge >= 0.3 is 5.97 Å². The molecule has 2 saturated heterocycles. The first-order chi connectivity index (χ1) is 15.5. The fraction of sp³-hybridized carbons (Fsp3) is 0.417. The van der Waals surface area contributed by atoms with Gasteiger partial charge in [0.1, 0.15) is 5.54 Å². The molecule has 3 heterocycles. The summed E-state index contributed by atoms with van der Waals surface area (Å²) in [5.41, 5.74) is 2.07. The first-order valence-electron chi connectivity index (χ1n) is 10.7. The van der Waals surface area contributed by atoms with Gasteiger partial charge in [0, 0.05) is 19.3 Å². The maximum Gasteiger partial charge on any atom is 0.337 e. The minimum Gasteiger partial charge on any atom is -0.483 e. The van der Waals surface area contributed by atoms with Crippen molar-refractivity contribution >= 4 is 18.3 Å². The number of nitrogens with zero attached hydrogens (tertiary/aromatic N) is 3. The zero-order valence-electron chi connectivity index (χ0n) is 18.3. The van der Waals surface area contributed by atoms with Gasteiger partial charge in [0.05, 0.1) is 24.9 Å². The van der Waals surface area contributed by atoms with E-state index in [1.54, 1.807) is 12.3 Å². The van der Waals surface area contributed by atoms with E-state index in [2.05, 4.69) is 9.88 Å². The van der Waals surface area contributed by atoms with Crippen LogP contribution in [0.15, 0.2) is 48.7 Å². The van der Waals surface area contributed by atoms with Crippen molar-refractivity contribution in [2.24, 2.45) is 0 Å². The predicted molar refractivity (Wildman–Crippen MR) is 118 cm³/mol. The number of likely N-dealkylation sites (tertiary alicyclic amines) is 2. The molecule has 1 unspecified atom stereocenters. The van der Waals surface area contributed by atoms with Crippen molar-refractivity contribution in [1.82, 2.24) is 14.8 Å². The lowest BCUT2D eigenvalue weighted by atomic mass is 9.85. The number of hydrogen-bond acceptors (Lipinski definition) is 6. The number of ether oxygens (including phenoxy) is 1. The number of esters is 1. The van der Waals surface area contributed by atoms with E-state index in [1.165, 1.54) is 7.11 Å². The summed E-state index contributed by atoms with van der Waals surface area (Å²) in [5, 5.41) is 6.89. The molecule has 1 amide bonds. The smallest absolute Gasteiger partial charge is 0.337 e. The van der Waals surface area contributed by atoms with Crippen molar-refractivity contribution in [3.8, 4) is 0 Å². The number of aromatic nitrogens is 1. The highest BCUT2D eigenvalue weighted by atomic mass is 16.5. The number of rotatable bonds is 5. The molecule has 170 valence electrons. The minimum atomic E-state index is -0.436. The lowest BCUT2D eigenvalue weighted by molar-refractivity contribution is -0.148. The zero-order chi connectivity index (χ0) is 23.0. The standard InChI is InChI=1S/C23H27N3O3.CH2O2/c1-29-21(27)19-8-4-7-18(15-19)16-26-14-6-11-23(26)10-5-13-25(22(23)28)17-20-9-2-3-12-24-20;2-1-3/h2-4,7-9,12,15H,5-6,10-11,13-14,16-17H2,1H3;1H,(H,2,3). The maximum atomic E-state index is 13.6. The number of piperidine rings is 1. The lowest BCUT2D eigenvalue weighted by Gasteiger charge is -2.44. The molecule has 2 fully saturated rings. The van der Waals surface area contributed by atoms with Gasteiger partial charge in [-0.1, -0.05) is 18.2 Å². The SMILES string of the molecule is COC(=O)c1cccc(CN2CCCC23CCCN(Cc2ccccn2)C3=O)c1.O=CO. The third-order valence-electron chi connectivity index (χ3n) is 6.13. The molecular weight excluding hydrogens is 410 g/mol. The summed E-state index contributed by atoms with van der Waals surface area (Å²) in [6.07, 6.45) is 5.56. The lowest BCUT2D eigenvalue weighted by Crippen LogP contribution is -2.59. The van der Waals surface area contributed by atoms with Crippen molar-refractivity contribution in [1.29, 1.82) is 0 Å².